The summed E-state index contributed by atoms with van der Waals surface area (Å²) in [5.74, 6) is -0.479. The van der Waals surface area contributed by atoms with Crippen LogP contribution < -0.4 is 10.6 Å². The molecule has 1 fully saturated rings. The van der Waals surface area contributed by atoms with Gasteiger partial charge < -0.3 is 24.8 Å². The molecule has 0 unspecified atom stereocenters. The number of ether oxygens (including phenoxy) is 1. The average molecular weight is 554 g/mol. The molecule has 2 atom stereocenters. The van der Waals surface area contributed by atoms with E-state index in [9.17, 15) is 9.59 Å². The maximum absolute atomic E-state index is 13.0. The summed E-state index contributed by atoms with van der Waals surface area (Å²) in [6.07, 6.45) is 4.80. The molecule has 0 radical (unpaired) electrons. The molecule has 0 spiro atoms. The highest BCUT2D eigenvalue weighted by atomic mass is 32.1. The minimum Gasteiger partial charge on any atom is -0.465 e. The zero-order valence-electron chi connectivity index (χ0n) is 22.4. The first-order chi connectivity index (χ1) is 19.5. The van der Waals surface area contributed by atoms with E-state index in [4.69, 9.17) is 17.0 Å². The van der Waals surface area contributed by atoms with E-state index in [0.29, 0.717) is 17.2 Å². The first-order valence-corrected chi connectivity index (χ1v) is 13.6. The summed E-state index contributed by atoms with van der Waals surface area (Å²) >= 11 is 5.81. The Kier molecular flexibility index (Phi) is 8.21. The van der Waals surface area contributed by atoms with Gasteiger partial charge in [-0.2, -0.15) is 0 Å². The van der Waals surface area contributed by atoms with E-state index in [2.05, 4.69) is 27.4 Å². The number of methoxy groups -OCH3 is 1. The van der Waals surface area contributed by atoms with E-state index in [0.717, 1.165) is 34.7 Å². The van der Waals surface area contributed by atoms with Crippen LogP contribution in [0.4, 0.5) is 5.69 Å². The maximum Gasteiger partial charge on any atom is 0.337 e. The molecular weight excluding hydrogens is 522 g/mol. The standard InChI is InChI=1S/C31H31N5O3S/c1-3-21-10-4-5-13-24(21)33-27(37)16-19-36-29(28(34-31(36)40)25-14-6-7-17-32-25)26-15-9-18-35(26)23-12-8-11-22(20-23)30(38)39-2/h4-15,17-18,20,28-29H,3,16,19H2,1-2H3,(H,33,37)(H,34,40)/t28-,29-/m0/s1. The minimum atomic E-state index is -0.400. The van der Waals surface area contributed by atoms with Crippen LogP contribution in [0.5, 0.6) is 0 Å². The molecule has 0 bridgehead atoms. The fourth-order valence-corrected chi connectivity index (χ4v) is 5.46. The fourth-order valence-electron chi connectivity index (χ4n) is 5.12. The summed E-state index contributed by atoms with van der Waals surface area (Å²) in [6.45, 7) is 2.48. The largest absolute Gasteiger partial charge is 0.465 e. The van der Waals surface area contributed by atoms with Crippen molar-refractivity contribution in [3.8, 4) is 5.69 Å². The maximum atomic E-state index is 13.0. The van der Waals surface area contributed by atoms with Crippen molar-refractivity contribution < 1.29 is 14.3 Å². The Morgan fingerprint density at radius 1 is 1.05 bits per heavy atom. The molecule has 8 nitrogen and oxygen atoms in total. The quantitative estimate of drug-likeness (QED) is 0.217. The van der Waals surface area contributed by atoms with Crippen LogP contribution in [0, 0.1) is 0 Å². The van der Waals surface area contributed by atoms with Crippen LogP contribution in [0.2, 0.25) is 0 Å². The normalized spacial score (nSPS) is 16.4. The van der Waals surface area contributed by atoms with Crippen LogP contribution in [0.1, 0.15) is 52.7 Å². The predicted molar refractivity (Wildman–Crippen MR) is 158 cm³/mol. The third kappa shape index (κ3) is 5.60. The molecule has 9 heteroatoms. The van der Waals surface area contributed by atoms with Crippen molar-refractivity contribution in [3.05, 3.63) is 114 Å². The number of carbonyl (C=O) groups is 2. The van der Waals surface area contributed by atoms with Crippen LogP contribution in [-0.4, -0.2) is 45.1 Å². The van der Waals surface area contributed by atoms with Gasteiger partial charge in [-0.1, -0.05) is 37.3 Å². The Labute approximate surface area is 239 Å². The lowest BCUT2D eigenvalue weighted by Gasteiger charge is -2.29. The third-order valence-electron chi connectivity index (χ3n) is 7.08. The van der Waals surface area contributed by atoms with Crippen LogP contribution in [0.25, 0.3) is 5.69 Å². The number of aryl methyl sites for hydroxylation is 1. The lowest BCUT2D eigenvalue weighted by atomic mass is 10.0. The minimum absolute atomic E-state index is 0.0788. The summed E-state index contributed by atoms with van der Waals surface area (Å²) in [6, 6.07) is 24.4. The van der Waals surface area contributed by atoms with Gasteiger partial charge in [-0.15, -0.1) is 0 Å². The Hall–Kier alpha value is -4.50. The number of nitrogens with zero attached hydrogens (tertiary/aromatic N) is 3. The smallest absolute Gasteiger partial charge is 0.337 e. The van der Waals surface area contributed by atoms with Gasteiger partial charge in [-0.3, -0.25) is 9.78 Å². The van der Waals surface area contributed by atoms with Gasteiger partial charge in [-0.05, 0) is 72.7 Å². The van der Waals surface area contributed by atoms with Crippen molar-refractivity contribution >= 4 is 34.9 Å². The number of pyridine rings is 1. The van der Waals surface area contributed by atoms with Gasteiger partial charge in [0.2, 0.25) is 5.91 Å². The predicted octanol–water partition coefficient (Wildman–Crippen LogP) is 5.22. The molecule has 5 rings (SSSR count). The zero-order chi connectivity index (χ0) is 28.1. The second-order valence-corrected chi connectivity index (χ2v) is 9.86. The van der Waals surface area contributed by atoms with Gasteiger partial charge in [0, 0.05) is 42.4 Å². The summed E-state index contributed by atoms with van der Waals surface area (Å²) < 4.78 is 6.96. The summed E-state index contributed by atoms with van der Waals surface area (Å²) in [4.78, 5) is 31.9. The van der Waals surface area contributed by atoms with Crippen molar-refractivity contribution in [3.63, 3.8) is 0 Å². The highest BCUT2D eigenvalue weighted by molar-refractivity contribution is 7.80. The van der Waals surface area contributed by atoms with Crippen LogP contribution >= 0.6 is 12.2 Å². The Bertz CT molecular complexity index is 1520. The van der Waals surface area contributed by atoms with Gasteiger partial charge >= 0.3 is 5.97 Å². The molecule has 1 aliphatic rings. The fraction of sp³-hybridized carbons (Fsp3) is 0.226. The Morgan fingerprint density at radius 3 is 2.65 bits per heavy atom. The van der Waals surface area contributed by atoms with Crippen molar-refractivity contribution in [2.24, 2.45) is 0 Å². The number of hydrogen-bond donors (Lipinski definition) is 2. The molecule has 2 aromatic heterocycles. The van der Waals surface area contributed by atoms with E-state index >= 15 is 0 Å². The molecule has 1 saturated heterocycles. The van der Waals surface area contributed by atoms with Crippen molar-refractivity contribution in [1.82, 2.24) is 19.8 Å². The topological polar surface area (TPSA) is 88.5 Å². The molecule has 2 aromatic carbocycles. The molecule has 0 aliphatic carbocycles. The molecule has 0 saturated carbocycles. The number of hydrogen-bond acceptors (Lipinski definition) is 5. The van der Waals surface area contributed by atoms with Crippen molar-refractivity contribution in [1.29, 1.82) is 0 Å². The number of thiocarbonyl (C=S) groups is 1. The van der Waals surface area contributed by atoms with Crippen LogP contribution in [0.15, 0.2) is 91.3 Å². The summed E-state index contributed by atoms with van der Waals surface area (Å²) in [5.41, 5.74) is 4.99. The highest BCUT2D eigenvalue weighted by Crippen LogP contribution is 2.39. The number of carbonyl (C=O) groups excluding carboxylic acids is 2. The molecule has 2 N–H and O–H groups in total. The van der Waals surface area contributed by atoms with Crippen molar-refractivity contribution in [2.45, 2.75) is 31.8 Å². The van der Waals surface area contributed by atoms with Crippen LogP contribution in [0.3, 0.4) is 0 Å². The second-order valence-electron chi connectivity index (χ2n) is 9.47. The van der Waals surface area contributed by atoms with Crippen LogP contribution in [-0.2, 0) is 16.0 Å². The van der Waals surface area contributed by atoms with E-state index in [-0.39, 0.29) is 24.4 Å². The van der Waals surface area contributed by atoms with E-state index in [1.807, 2.05) is 77.5 Å². The molecule has 4 aromatic rings. The van der Waals surface area contributed by atoms with E-state index < -0.39 is 5.97 Å². The van der Waals surface area contributed by atoms with E-state index in [1.165, 1.54) is 7.11 Å². The molecular formula is C31H31N5O3S. The van der Waals surface area contributed by atoms with E-state index in [1.54, 1.807) is 18.3 Å². The van der Waals surface area contributed by atoms with Gasteiger partial charge in [0.25, 0.3) is 0 Å². The number of rotatable bonds is 9. The number of para-hydroxylation sites is 1. The molecule has 1 amide bonds. The zero-order valence-corrected chi connectivity index (χ0v) is 23.2. The number of aromatic nitrogens is 2. The number of amides is 1. The Balaban J connectivity index is 1.46. The molecule has 1 aliphatic heterocycles. The number of benzene rings is 2. The second kappa shape index (κ2) is 12.1. The highest BCUT2D eigenvalue weighted by Gasteiger charge is 2.41. The number of anilines is 1. The summed E-state index contributed by atoms with van der Waals surface area (Å²) in [5, 5.41) is 7.06. The molecule has 40 heavy (non-hydrogen) atoms. The molecule has 204 valence electrons. The Morgan fingerprint density at radius 2 is 1.88 bits per heavy atom. The SMILES string of the molecule is CCc1ccccc1NC(=O)CCN1C(=S)N[C@@H](c2ccccn2)[C@@H]1c1cccn1-c1cccc(C(=O)OC)c1. The van der Waals surface area contributed by atoms with Gasteiger partial charge in [0.1, 0.15) is 0 Å². The monoisotopic (exact) mass is 553 g/mol. The lowest BCUT2D eigenvalue weighted by Crippen LogP contribution is -2.33. The number of nitrogens with one attached hydrogen (secondary N) is 2. The first kappa shape index (κ1) is 27.1. The summed E-state index contributed by atoms with van der Waals surface area (Å²) in [7, 11) is 1.37. The first-order valence-electron chi connectivity index (χ1n) is 13.2. The average Bonchev–Trinajstić information content (AvgIpc) is 3.60. The number of esters is 1. The third-order valence-corrected chi connectivity index (χ3v) is 7.43. The van der Waals surface area contributed by atoms with Crippen molar-refractivity contribution in [2.75, 3.05) is 19.0 Å². The lowest BCUT2D eigenvalue weighted by molar-refractivity contribution is -0.116. The molecule has 3 heterocycles. The van der Waals surface area contributed by atoms with Gasteiger partial charge in [0.15, 0.2) is 5.11 Å². The van der Waals surface area contributed by atoms with Gasteiger partial charge in [-0.25, -0.2) is 4.79 Å². The van der Waals surface area contributed by atoms with Gasteiger partial charge in [0.05, 0.1) is 30.5 Å².